The molecule has 2 aliphatic rings. The van der Waals surface area contributed by atoms with Crippen molar-refractivity contribution in [3.05, 3.63) is 47.0 Å². The van der Waals surface area contributed by atoms with Gasteiger partial charge in [-0.05, 0) is 74.4 Å². The van der Waals surface area contributed by atoms with Crippen LogP contribution >= 0.6 is 23.5 Å². The lowest BCUT2D eigenvalue weighted by Crippen LogP contribution is -2.17. The van der Waals surface area contributed by atoms with Crippen molar-refractivity contribution in [2.45, 2.75) is 37.5 Å². The Morgan fingerprint density at radius 3 is 2.62 bits per heavy atom. The minimum absolute atomic E-state index is 0.115. The number of rotatable bonds is 9. The molecule has 2 saturated carbocycles. The van der Waals surface area contributed by atoms with Crippen LogP contribution in [0.3, 0.4) is 0 Å². The van der Waals surface area contributed by atoms with Crippen LogP contribution in [-0.2, 0) is 7.05 Å². The molecule has 0 aliphatic heterocycles. The molecule has 0 saturated heterocycles. The fourth-order valence-electron chi connectivity index (χ4n) is 3.96. The van der Waals surface area contributed by atoms with Crippen molar-refractivity contribution < 1.29 is 9.53 Å². The van der Waals surface area contributed by atoms with Crippen LogP contribution in [0.25, 0.3) is 5.82 Å². The molecule has 3 aromatic rings. The highest BCUT2D eigenvalue weighted by molar-refractivity contribution is 7.98. The van der Waals surface area contributed by atoms with E-state index in [0.29, 0.717) is 23.2 Å². The number of ether oxygens (including phenoxy) is 1. The first-order valence-electron chi connectivity index (χ1n) is 10.8. The van der Waals surface area contributed by atoms with Crippen LogP contribution in [0.5, 0.6) is 5.88 Å². The van der Waals surface area contributed by atoms with Crippen molar-refractivity contribution in [2.24, 2.45) is 24.8 Å². The predicted octanol–water partition coefficient (Wildman–Crippen LogP) is 4.21. The van der Waals surface area contributed by atoms with Crippen molar-refractivity contribution in [1.82, 2.24) is 29.3 Å². The quantitative estimate of drug-likeness (QED) is 0.370. The minimum atomic E-state index is -0.321. The second-order valence-electron chi connectivity index (χ2n) is 8.54. The van der Waals surface area contributed by atoms with Gasteiger partial charge in [0.05, 0.1) is 22.8 Å². The van der Waals surface area contributed by atoms with Gasteiger partial charge in [0.1, 0.15) is 5.15 Å². The van der Waals surface area contributed by atoms with Gasteiger partial charge in [0.2, 0.25) is 5.88 Å². The molecule has 2 aliphatic carbocycles. The number of aromatic nitrogens is 5. The van der Waals surface area contributed by atoms with E-state index >= 15 is 0 Å². The van der Waals surface area contributed by atoms with E-state index in [9.17, 15) is 4.79 Å². The number of aryl methyl sites for hydroxylation is 2. The van der Waals surface area contributed by atoms with Crippen molar-refractivity contribution in [2.75, 3.05) is 6.61 Å². The van der Waals surface area contributed by atoms with E-state index in [1.54, 1.807) is 27.7 Å². The Morgan fingerprint density at radius 1 is 1.25 bits per heavy atom. The van der Waals surface area contributed by atoms with E-state index in [1.807, 2.05) is 26.2 Å². The number of amides is 1. The first kappa shape index (κ1) is 21.3. The van der Waals surface area contributed by atoms with E-state index in [-0.39, 0.29) is 11.1 Å². The Balaban J connectivity index is 1.21. The number of hydrogen-bond acceptors (Lipinski definition) is 6. The van der Waals surface area contributed by atoms with Crippen LogP contribution in [0.2, 0.25) is 5.15 Å². The zero-order valence-electron chi connectivity index (χ0n) is 18.0. The van der Waals surface area contributed by atoms with E-state index in [2.05, 4.69) is 19.9 Å². The van der Waals surface area contributed by atoms with Gasteiger partial charge in [0, 0.05) is 25.5 Å². The molecular weight excluding hydrogens is 448 g/mol. The van der Waals surface area contributed by atoms with E-state index in [1.165, 1.54) is 37.6 Å². The molecule has 0 unspecified atom stereocenters. The maximum absolute atomic E-state index is 12.6. The molecule has 168 valence electrons. The molecule has 2 fully saturated rings. The topological polar surface area (TPSA) is 86.9 Å². The molecule has 0 atom stereocenters. The van der Waals surface area contributed by atoms with Crippen LogP contribution in [0.1, 0.15) is 41.7 Å². The monoisotopic (exact) mass is 472 g/mol. The summed E-state index contributed by atoms with van der Waals surface area (Å²) in [6.45, 7) is 2.62. The second-order valence-corrected chi connectivity index (χ2v) is 9.75. The fourth-order valence-corrected chi connectivity index (χ4v) is 4.90. The number of halogens is 1. The van der Waals surface area contributed by atoms with Gasteiger partial charge in [0.15, 0.2) is 5.82 Å². The molecule has 0 spiro atoms. The third-order valence-electron chi connectivity index (χ3n) is 5.98. The van der Waals surface area contributed by atoms with E-state index in [4.69, 9.17) is 16.3 Å². The summed E-state index contributed by atoms with van der Waals surface area (Å²) in [7, 11) is 1.84. The lowest BCUT2D eigenvalue weighted by Gasteiger charge is -2.14. The molecule has 0 radical (unpaired) electrons. The predicted molar refractivity (Wildman–Crippen MR) is 122 cm³/mol. The molecule has 8 nitrogen and oxygen atoms in total. The lowest BCUT2D eigenvalue weighted by atomic mass is 9.99. The number of hydrogen-bond donors (Lipinski definition) is 1. The van der Waals surface area contributed by atoms with Gasteiger partial charge in [-0.2, -0.15) is 5.10 Å². The van der Waals surface area contributed by atoms with Crippen molar-refractivity contribution >= 4 is 29.5 Å². The van der Waals surface area contributed by atoms with Crippen LogP contribution in [-0.4, -0.2) is 37.1 Å². The largest absolute Gasteiger partial charge is 0.476 e. The summed E-state index contributed by atoms with van der Waals surface area (Å²) in [5.41, 5.74) is 1.14. The summed E-state index contributed by atoms with van der Waals surface area (Å²) in [6.07, 6.45) is 8.97. The van der Waals surface area contributed by atoms with Gasteiger partial charge >= 0.3 is 0 Å². The van der Waals surface area contributed by atoms with E-state index in [0.717, 1.165) is 29.0 Å². The standard InChI is InChI=1S/C22H25ClN6O2S/c1-13-18(11-28(2)25-13)32-27-22(30)16-7-8-19(24-21(16)23)29-10-9-20(26-29)31-12-17(14-3-4-14)15-5-6-15/h7-11,14-15,17H,3-6,12H2,1-2H3,(H,27,30). The summed E-state index contributed by atoms with van der Waals surface area (Å²) in [4.78, 5) is 17.8. The average Bonchev–Trinajstić information content (AvgIpc) is 3.69. The normalized spacial score (nSPS) is 15.9. The molecule has 3 heterocycles. The van der Waals surface area contributed by atoms with Crippen LogP contribution in [0.4, 0.5) is 0 Å². The number of nitrogens with one attached hydrogen (secondary N) is 1. The molecule has 32 heavy (non-hydrogen) atoms. The Labute approximate surface area is 195 Å². The van der Waals surface area contributed by atoms with Gasteiger partial charge in [-0.15, -0.1) is 5.10 Å². The summed E-state index contributed by atoms with van der Waals surface area (Å²) in [6, 6.07) is 5.20. The highest BCUT2D eigenvalue weighted by Gasteiger charge is 2.41. The van der Waals surface area contributed by atoms with Gasteiger partial charge in [-0.25, -0.2) is 9.67 Å². The first-order chi connectivity index (χ1) is 15.5. The number of carbonyl (C=O) groups is 1. The molecule has 0 bridgehead atoms. The Morgan fingerprint density at radius 2 is 2.00 bits per heavy atom. The minimum Gasteiger partial charge on any atom is -0.476 e. The highest BCUT2D eigenvalue weighted by Crippen LogP contribution is 2.49. The zero-order valence-corrected chi connectivity index (χ0v) is 19.6. The summed E-state index contributed by atoms with van der Waals surface area (Å²) >= 11 is 7.51. The maximum Gasteiger partial charge on any atom is 0.264 e. The van der Waals surface area contributed by atoms with Crippen molar-refractivity contribution in [3.63, 3.8) is 0 Å². The third kappa shape index (κ3) is 4.78. The number of carbonyl (C=O) groups excluding carboxylic acids is 1. The second kappa shape index (κ2) is 8.78. The molecule has 1 N–H and O–H groups in total. The van der Waals surface area contributed by atoms with Gasteiger partial charge in [-0.3, -0.25) is 14.2 Å². The first-order valence-corrected chi connectivity index (χ1v) is 12.0. The molecule has 5 rings (SSSR count). The van der Waals surface area contributed by atoms with Gasteiger partial charge in [0.25, 0.3) is 5.91 Å². The average molecular weight is 473 g/mol. The van der Waals surface area contributed by atoms with Crippen LogP contribution in [0, 0.1) is 24.7 Å². The summed E-state index contributed by atoms with van der Waals surface area (Å²) < 4.78 is 12.1. The van der Waals surface area contributed by atoms with Crippen molar-refractivity contribution in [1.29, 1.82) is 0 Å². The highest BCUT2D eigenvalue weighted by atomic mass is 35.5. The molecule has 10 heteroatoms. The van der Waals surface area contributed by atoms with Gasteiger partial charge in [-0.1, -0.05) is 11.6 Å². The van der Waals surface area contributed by atoms with Gasteiger partial charge < -0.3 is 4.74 Å². The molecular formula is C22H25ClN6O2S. The van der Waals surface area contributed by atoms with Crippen molar-refractivity contribution in [3.8, 4) is 11.7 Å². The third-order valence-corrected chi connectivity index (χ3v) is 7.18. The summed E-state index contributed by atoms with van der Waals surface area (Å²) in [5.74, 6) is 3.13. The van der Waals surface area contributed by atoms with E-state index < -0.39 is 0 Å². The number of nitrogens with zero attached hydrogens (tertiary/aromatic N) is 5. The summed E-state index contributed by atoms with van der Waals surface area (Å²) in [5, 5.41) is 8.85. The molecule has 3 aromatic heterocycles. The lowest BCUT2D eigenvalue weighted by molar-refractivity contribution is 0.0984. The smallest absolute Gasteiger partial charge is 0.264 e. The molecule has 0 aromatic carbocycles. The Kier molecular flexibility index (Phi) is 5.86. The number of pyridine rings is 1. The Hall–Kier alpha value is -2.52. The zero-order chi connectivity index (χ0) is 22.2. The Bertz CT molecular complexity index is 1130. The van der Waals surface area contributed by atoms with Crippen LogP contribution < -0.4 is 9.46 Å². The fraction of sp³-hybridized carbons (Fsp3) is 0.455. The van der Waals surface area contributed by atoms with Crippen LogP contribution in [0.15, 0.2) is 35.5 Å². The SMILES string of the molecule is Cc1nn(C)cc1SNC(=O)c1ccc(-n2ccc(OCC(C3CC3)C3CC3)n2)nc1Cl. The maximum atomic E-state index is 12.6. The molecule has 1 amide bonds.